The summed E-state index contributed by atoms with van der Waals surface area (Å²) < 4.78 is 1.74. The van der Waals surface area contributed by atoms with Gasteiger partial charge in [0.15, 0.2) is 0 Å². The summed E-state index contributed by atoms with van der Waals surface area (Å²) in [6.07, 6.45) is 2.44. The lowest BCUT2D eigenvalue weighted by molar-refractivity contribution is 0.579. The van der Waals surface area contributed by atoms with Gasteiger partial charge in [0.05, 0.1) is 5.56 Å². The van der Waals surface area contributed by atoms with Crippen LogP contribution in [-0.4, -0.2) is 16.1 Å². The highest BCUT2D eigenvalue weighted by molar-refractivity contribution is 6.30. The van der Waals surface area contributed by atoms with Crippen LogP contribution in [0.3, 0.4) is 0 Å². The minimum absolute atomic E-state index is 0.0211. The first kappa shape index (κ1) is 11.6. The van der Waals surface area contributed by atoms with Crippen LogP contribution in [0.1, 0.15) is 24.7 Å². The van der Waals surface area contributed by atoms with Crippen molar-refractivity contribution in [1.29, 1.82) is 0 Å². The number of rotatable bonds is 3. The number of aromatic nitrogens is 2. The molecule has 0 radical (unpaired) electrons. The van der Waals surface area contributed by atoms with Gasteiger partial charge < -0.3 is 5.73 Å². The molecule has 0 fully saturated rings. The molecule has 5 heteroatoms. The molecular weight excluding hydrogens is 226 g/mol. The molecule has 88 valence electrons. The quantitative estimate of drug-likeness (QED) is 0.803. The molecule has 0 saturated carbocycles. The summed E-state index contributed by atoms with van der Waals surface area (Å²) >= 11 is 6.05. The van der Waals surface area contributed by atoms with Gasteiger partial charge in [-0.3, -0.25) is 9.36 Å². The fraction of sp³-hybridized carbons (Fsp3) is 0.636. The summed E-state index contributed by atoms with van der Waals surface area (Å²) in [5.74, 6) is 1.08. The molecule has 4 nitrogen and oxygen atoms in total. The van der Waals surface area contributed by atoms with Crippen LogP contribution in [0.4, 0.5) is 0 Å². The van der Waals surface area contributed by atoms with E-state index in [0.717, 1.165) is 25.2 Å². The highest BCUT2D eigenvalue weighted by Crippen LogP contribution is 2.17. The standard InChI is InChI=1S/C11H16ClN3O/c1-7(6-13)5-8-10(12)14-9-3-2-4-15(9)11(8)16/h7H,2-6,13H2,1H3. The fourth-order valence-electron chi connectivity index (χ4n) is 2.03. The second-order valence-corrected chi connectivity index (χ2v) is 4.76. The molecule has 0 spiro atoms. The zero-order valence-electron chi connectivity index (χ0n) is 9.37. The van der Waals surface area contributed by atoms with E-state index in [4.69, 9.17) is 17.3 Å². The minimum atomic E-state index is 0.0211. The van der Waals surface area contributed by atoms with Gasteiger partial charge >= 0.3 is 0 Å². The second-order valence-electron chi connectivity index (χ2n) is 4.40. The van der Waals surface area contributed by atoms with Gasteiger partial charge in [0.25, 0.3) is 5.56 Å². The Labute approximate surface area is 99.4 Å². The zero-order valence-corrected chi connectivity index (χ0v) is 10.1. The van der Waals surface area contributed by atoms with Crippen molar-refractivity contribution in [1.82, 2.24) is 9.55 Å². The third-order valence-corrected chi connectivity index (χ3v) is 3.34. The maximum atomic E-state index is 12.1. The molecule has 1 atom stereocenters. The largest absolute Gasteiger partial charge is 0.330 e. The predicted octanol–water partition coefficient (Wildman–Crippen LogP) is 0.980. The molecule has 2 N–H and O–H groups in total. The van der Waals surface area contributed by atoms with Gasteiger partial charge in [-0.1, -0.05) is 18.5 Å². The average molecular weight is 242 g/mol. The average Bonchev–Trinajstić information content (AvgIpc) is 2.71. The van der Waals surface area contributed by atoms with Crippen LogP contribution in [0.15, 0.2) is 4.79 Å². The van der Waals surface area contributed by atoms with Gasteiger partial charge in [0.1, 0.15) is 11.0 Å². The van der Waals surface area contributed by atoms with Crippen LogP contribution in [0.2, 0.25) is 5.15 Å². The van der Waals surface area contributed by atoms with Crippen molar-refractivity contribution in [3.63, 3.8) is 0 Å². The summed E-state index contributed by atoms with van der Waals surface area (Å²) in [5.41, 5.74) is 6.20. The third-order valence-electron chi connectivity index (χ3n) is 3.03. The molecule has 0 aliphatic carbocycles. The fourth-order valence-corrected chi connectivity index (χ4v) is 2.29. The normalized spacial score (nSPS) is 16.2. The summed E-state index contributed by atoms with van der Waals surface area (Å²) in [5, 5.41) is 0.360. The zero-order chi connectivity index (χ0) is 11.7. The van der Waals surface area contributed by atoms with E-state index < -0.39 is 0 Å². The van der Waals surface area contributed by atoms with Gasteiger partial charge in [-0.05, 0) is 25.3 Å². The summed E-state index contributed by atoms with van der Waals surface area (Å²) in [4.78, 5) is 16.4. The molecule has 1 aliphatic heterocycles. The molecule has 1 aromatic rings. The van der Waals surface area contributed by atoms with Crippen LogP contribution in [-0.2, 0) is 19.4 Å². The first-order chi connectivity index (χ1) is 7.63. The molecule has 0 bridgehead atoms. The number of nitrogens with zero attached hydrogens (tertiary/aromatic N) is 2. The van der Waals surface area contributed by atoms with Crippen LogP contribution < -0.4 is 11.3 Å². The van der Waals surface area contributed by atoms with E-state index in [0.29, 0.717) is 23.7 Å². The highest BCUT2D eigenvalue weighted by atomic mass is 35.5. The molecular formula is C11H16ClN3O. The van der Waals surface area contributed by atoms with Crippen molar-refractivity contribution in [2.24, 2.45) is 11.7 Å². The molecule has 1 aromatic heterocycles. The molecule has 2 rings (SSSR count). The van der Waals surface area contributed by atoms with E-state index in [1.165, 1.54) is 0 Å². The van der Waals surface area contributed by atoms with Crippen LogP contribution in [0.5, 0.6) is 0 Å². The topological polar surface area (TPSA) is 60.9 Å². The number of halogens is 1. The van der Waals surface area contributed by atoms with E-state index in [1.807, 2.05) is 6.92 Å². The molecule has 0 aromatic carbocycles. The van der Waals surface area contributed by atoms with Crippen LogP contribution >= 0.6 is 11.6 Å². The minimum Gasteiger partial charge on any atom is -0.330 e. The Hall–Kier alpha value is -0.870. The number of nitrogens with two attached hydrogens (primary N) is 1. The smallest absolute Gasteiger partial charge is 0.258 e. The summed E-state index contributed by atoms with van der Waals surface area (Å²) in [7, 11) is 0. The Kier molecular flexibility index (Phi) is 3.30. The van der Waals surface area contributed by atoms with E-state index in [1.54, 1.807) is 4.57 Å². The Bertz CT molecular complexity index is 455. The maximum Gasteiger partial charge on any atom is 0.258 e. The van der Waals surface area contributed by atoms with Crippen molar-refractivity contribution in [2.75, 3.05) is 6.54 Å². The van der Waals surface area contributed by atoms with Crippen LogP contribution in [0.25, 0.3) is 0 Å². The monoisotopic (exact) mass is 241 g/mol. The molecule has 0 amide bonds. The second kappa shape index (κ2) is 4.55. The third kappa shape index (κ3) is 1.99. The number of hydrogen-bond acceptors (Lipinski definition) is 3. The van der Waals surface area contributed by atoms with Gasteiger partial charge in [0, 0.05) is 13.0 Å². The van der Waals surface area contributed by atoms with E-state index >= 15 is 0 Å². The lowest BCUT2D eigenvalue weighted by Crippen LogP contribution is -2.27. The van der Waals surface area contributed by atoms with Gasteiger partial charge in [-0.25, -0.2) is 4.98 Å². The van der Waals surface area contributed by atoms with E-state index in [-0.39, 0.29) is 11.5 Å². The van der Waals surface area contributed by atoms with Crippen molar-refractivity contribution in [2.45, 2.75) is 32.7 Å². The molecule has 16 heavy (non-hydrogen) atoms. The molecule has 2 heterocycles. The van der Waals surface area contributed by atoms with Crippen molar-refractivity contribution in [3.05, 3.63) is 26.9 Å². The van der Waals surface area contributed by atoms with Crippen molar-refractivity contribution < 1.29 is 0 Å². The Morgan fingerprint density at radius 3 is 3.06 bits per heavy atom. The first-order valence-corrected chi connectivity index (χ1v) is 5.99. The van der Waals surface area contributed by atoms with Gasteiger partial charge in [0.2, 0.25) is 0 Å². The van der Waals surface area contributed by atoms with Crippen LogP contribution in [0, 0.1) is 5.92 Å². The SMILES string of the molecule is CC(CN)Cc1c(Cl)nc2n(c1=O)CCC2. The lowest BCUT2D eigenvalue weighted by atomic mass is 10.0. The van der Waals surface area contributed by atoms with Gasteiger partial charge in [-0.2, -0.15) is 0 Å². The summed E-state index contributed by atoms with van der Waals surface area (Å²) in [6, 6.07) is 0. The van der Waals surface area contributed by atoms with E-state index in [9.17, 15) is 4.79 Å². The molecule has 1 unspecified atom stereocenters. The summed E-state index contributed by atoms with van der Waals surface area (Å²) in [6.45, 7) is 3.33. The maximum absolute atomic E-state index is 12.1. The Morgan fingerprint density at radius 2 is 2.38 bits per heavy atom. The van der Waals surface area contributed by atoms with E-state index in [2.05, 4.69) is 4.98 Å². The first-order valence-electron chi connectivity index (χ1n) is 5.61. The van der Waals surface area contributed by atoms with Crippen molar-refractivity contribution in [3.8, 4) is 0 Å². The molecule has 0 saturated heterocycles. The number of fused-ring (bicyclic) bond motifs is 1. The number of hydrogen-bond donors (Lipinski definition) is 1. The molecule has 1 aliphatic rings. The number of aryl methyl sites for hydroxylation is 1. The van der Waals surface area contributed by atoms with Crippen molar-refractivity contribution >= 4 is 11.6 Å². The Morgan fingerprint density at radius 1 is 1.62 bits per heavy atom. The van der Waals surface area contributed by atoms with Gasteiger partial charge in [-0.15, -0.1) is 0 Å². The highest BCUT2D eigenvalue weighted by Gasteiger charge is 2.19. The predicted molar refractivity (Wildman–Crippen MR) is 63.8 cm³/mol. The lowest BCUT2D eigenvalue weighted by Gasteiger charge is -2.11. The Balaban J connectivity index is 2.42.